The molecule has 1 aromatic heterocycles. The van der Waals surface area contributed by atoms with Crippen molar-refractivity contribution in [3.05, 3.63) is 74.1 Å². The lowest BCUT2D eigenvalue weighted by Crippen LogP contribution is -2.65. The van der Waals surface area contributed by atoms with E-state index >= 15 is 0 Å². The summed E-state index contributed by atoms with van der Waals surface area (Å²) in [7, 11) is 3.06. The predicted octanol–water partition coefficient (Wildman–Crippen LogP) is -0.122. The molecule has 2 aromatic rings. The molecule has 236 valence electrons. The molecule has 1 aromatic carbocycles. The fourth-order valence-corrected chi connectivity index (χ4v) is 6.49. The first kappa shape index (κ1) is 32.3. The summed E-state index contributed by atoms with van der Waals surface area (Å²) < 4.78 is 1.36. The van der Waals surface area contributed by atoms with Crippen LogP contribution in [0.3, 0.4) is 0 Å². The van der Waals surface area contributed by atoms with Gasteiger partial charge in [0, 0.05) is 24.3 Å². The van der Waals surface area contributed by atoms with Crippen LogP contribution in [0.1, 0.15) is 35.1 Å². The maximum absolute atomic E-state index is 13.3. The Bertz CT molecular complexity index is 1640. The van der Waals surface area contributed by atoms with Crippen molar-refractivity contribution in [2.75, 3.05) is 20.7 Å². The summed E-state index contributed by atoms with van der Waals surface area (Å²) in [4.78, 5) is 53.5. The van der Waals surface area contributed by atoms with E-state index in [1.807, 2.05) is 0 Å². The van der Waals surface area contributed by atoms with Gasteiger partial charge in [0.05, 0.1) is 23.8 Å². The molecule has 3 aliphatic rings. The van der Waals surface area contributed by atoms with E-state index in [9.17, 15) is 50.0 Å². The molecule has 0 fully saturated rings. The van der Waals surface area contributed by atoms with E-state index in [0.717, 1.165) is 0 Å². The monoisotopic (exact) mass is 615 g/mol. The number of benzene rings is 1. The number of nitrogens with two attached hydrogens (primary N) is 1. The molecule has 44 heavy (non-hydrogen) atoms. The largest absolute Gasteiger partial charge is 0.510 e. The number of imidazole rings is 1. The minimum atomic E-state index is -2.75. The molecular weight excluding hydrogens is 582 g/mol. The van der Waals surface area contributed by atoms with Crippen molar-refractivity contribution >= 4 is 23.3 Å². The number of aromatic hydroxyl groups is 1. The van der Waals surface area contributed by atoms with Crippen LogP contribution in [-0.4, -0.2) is 99.8 Å². The van der Waals surface area contributed by atoms with E-state index in [1.165, 1.54) is 54.9 Å². The van der Waals surface area contributed by atoms with E-state index in [4.69, 9.17) is 10.8 Å². The number of aryl methyl sites for hydroxylation is 1. The topological polar surface area (TPSA) is 263 Å². The third-order valence-corrected chi connectivity index (χ3v) is 8.57. The number of nitrogens with zero attached hydrogens (tertiary/aromatic N) is 4. The number of likely N-dealkylation sites (N-methyl/N-ethyl adjacent to an activating group) is 1. The van der Waals surface area contributed by atoms with E-state index in [0.29, 0.717) is 5.82 Å². The number of aliphatic hydroxyl groups is 5. The van der Waals surface area contributed by atoms with Crippen molar-refractivity contribution in [2.24, 2.45) is 17.6 Å². The zero-order valence-electron chi connectivity index (χ0n) is 24.3. The summed E-state index contributed by atoms with van der Waals surface area (Å²) >= 11 is 0. The number of aliphatic hydroxyl groups excluding tert-OH is 3. The maximum Gasteiger partial charge on any atom is 0.342 e. The zero-order valence-corrected chi connectivity index (χ0v) is 24.3. The molecule has 8 N–H and O–H groups in total. The first-order valence-corrected chi connectivity index (χ1v) is 13.4. The van der Waals surface area contributed by atoms with Crippen molar-refractivity contribution in [3.63, 3.8) is 0 Å². The lowest BCUT2D eigenvalue weighted by molar-refractivity contribution is -0.392. The average Bonchev–Trinajstić information content (AvgIpc) is 3.29. The SMILES string of the molecule is CN(C)[C@@H]1C(O)=C(C(N)=O)C(=O)[C@@]2(O)C(O)=C3C(=O)c4c(O)cccc4[C@@](C)(O)[C@H]3C[C@@H]12.Cc1ncc([N+](=O)[O-])n1CCO. The molecule has 0 saturated carbocycles. The molecule has 1 heterocycles. The summed E-state index contributed by atoms with van der Waals surface area (Å²) in [6.45, 7) is 3.14. The number of fused-ring (bicyclic) bond motifs is 3. The van der Waals surface area contributed by atoms with Gasteiger partial charge in [-0.05, 0) is 44.0 Å². The second-order valence-corrected chi connectivity index (χ2v) is 11.3. The normalized spacial score (nSPS) is 27.8. The number of carbonyl (C=O) groups excluding carboxylic acids is 3. The standard InChI is InChI=1S/C22H24N2O8.C6H9N3O3/c1-21(31)8-5-4-6-11(25)12(8)16(26)13-9(21)7-10-15(24(2)3)17(27)14(20(23)30)19(29)22(10,32)18(13)28;1-5-7-4-6(9(11)12)8(5)2-3-10/h4-6,9-10,15,25,27-28,31-32H,7H2,1-3H3,(H2,23,30);4,10H,2-3H2,1H3/t9-,10-,15-,21+,22-;/m0./s1. The van der Waals surface area contributed by atoms with Crippen LogP contribution in [-0.2, 0) is 21.7 Å². The third-order valence-electron chi connectivity index (χ3n) is 8.57. The lowest BCUT2D eigenvalue weighted by atomic mass is 9.55. The lowest BCUT2D eigenvalue weighted by Gasteiger charge is -2.52. The fourth-order valence-electron chi connectivity index (χ4n) is 6.49. The Kier molecular flexibility index (Phi) is 8.16. The summed E-state index contributed by atoms with van der Waals surface area (Å²) in [5.41, 5.74) is -0.654. The summed E-state index contributed by atoms with van der Waals surface area (Å²) in [5.74, 6) is -7.44. The molecule has 16 heteroatoms. The number of nitro groups is 1. The molecule has 16 nitrogen and oxygen atoms in total. The number of ketones is 2. The molecule has 0 aliphatic heterocycles. The number of phenolic OH excluding ortho intramolecular Hbond substituents is 1. The number of amides is 1. The van der Waals surface area contributed by atoms with Gasteiger partial charge >= 0.3 is 5.82 Å². The Morgan fingerprint density at radius 2 is 1.86 bits per heavy atom. The van der Waals surface area contributed by atoms with Gasteiger partial charge in [-0.2, -0.15) is 0 Å². The fraction of sp³-hybridized carbons (Fsp3) is 0.429. The van der Waals surface area contributed by atoms with Crippen molar-refractivity contribution in [1.82, 2.24) is 14.5 Å². The van der Waals surface area contributed by atoms with Crippen LogP contribution in [0, 0.1) is 28.9 Å². The number of Topliss-reactive ketones (excluding diaryl/α,β-unsaturated/α-hetero) is 2. The first-order chi connectivity index (χ1) is 20.4. The van der Waals surface area contributed by atoms with Gasteiger partial charge in [-0.15, -0.1) is 0 Å². The highest BCUT2D eigenvalue weighted by atomic mass is 16.6. The highest BCUT2D eigenvalue weighted by Crippen LogP contribution is 2.56. The Hall–Kier alpha value is -4.64. The van der Waals surface area contributed by atoms with Crippen LogP contribution in [0.25, 0.3) is 0 Å². The highest BCUT2D eigenvalue weighted by Gasteiger charge is 2.65. The van der Waals surface area contributed by atoms with E-state index in [1.54, 1.807) is 6.92 Å². The molecule has 0 saturated heterocycles. The van der Waals surface area contributed by atoms with E-state index in [-0.39, 0.29) is 36.5 Å². The molecule has 0 bridgehead atoms. The average molecular weight is 616 g/mol. The second kappa shape index (κ2) is 11.1. The van der Waals surface area contributed by atoms with Crippen molar-refractivity contribution in [3.8, 4) is 5.75 Å². The van der Waals surface area contributed by atoms with Crippen LogP contribution in [0.2, 0.25) is 0 Å². The number of aromatic nitrogens is 2. The van der Waals surface area contributed by atoms with Crippen LogP contribution in [0.15, 0.2) is 47.1 Å². The van der Waals surface area contributed by atoms with E-state index in [2.05, 4.69) is 4.98 Å². The number of hydrogen-bond donors (Lipinski definition) is 7. The minimum Gasteiger partial charge on any atom is -0.510 e. The van der Waals surface area contributed by atoms with Crippen LogP contribution >= 0.6 is 0 Å². The van der Waals surface area contributed by atoms with Gasteiger partial charge in [0.25, 0.3) is 5.91 Å². The van der Waals surface area contributed by atoms with Gasteiger partial charge in [0.1, 0.15) is 35.6 Å². The molecule has 0 unspecified atom stereocenters. The molecule has 0 radical (unpaired) electrons. The van der Waals surface area contributed by atoms with E-state index < -0.39 is 79.9 Å². The van der Waals surface area contributed by atoms with Crippen LogP contribution in [0.4, 0.5) is 5.82 Å². The first-order valence-electron chi connectivity index (χ1n) is 13.4. The number of phenols is 1. The molecule has 0 spiro atoms. The van der Waals surface area contributed by atoms with Crippen molar-refractivity contribution in [2.45, 2.75) is 44.1 Å². The number of primary amides is 1. The van der Waals surface area contributed by atoms with Gasteiger partial charge in [-0.1, -0.05) is 12.1 Å². The third kappa shape index (κ3) is 4.62. The summed E-state index contributed by atoms with van der Waals surface area (Å²) in [6.07, 6.45) is 0.986. The predicted molar refractivity (Wildman–Crippen MR) is 150 cm³/mol. The molecule has 5 atom stereocenters. The summed E-state index contributed by atoms with van der Waals surface area (Å²) in [5, 5.41) is 74.0. The number of hydrogen-bond acceptors (Lipinski definition) is 13. The molecular formula is C28H33N5O11. The van der Waals surface area contributed by atoms with Gasteiger partial charge < -0.3 is 46.5 Å². The smallest absolute Gasteiger partial charge is 0.342 e. The minimum absolute atomic E-state index is 0.0819. The highest BCUT2D eigenvalue weighted by molar-refractivity contribution is 6.24. The maximum atomic E-state index is 13.3. The number of carbonyl (C=O) groups is 3. The zero-order chi connectivity index (χ0) is 33.0. The van der Waals surface area contributed by atoms with Crippen molar-refractivity contribution < 1.29 is 49.9 Å². The molecule has 5 rings (SSSR count). The van der Waals surface area contributed by atoms with Gasteiger partial charge in [0.15, 0.2) is 17.2 Å². The molecule has 1 amide bonds. The van der Waals surface area contributed by atoms with Gasteiger partial charge in [0.2, 0.25) is 5.78 Å². The van der Waals surface area contributed by atoms with Crippen LogP contribution < -0.4 is 5.73 Å². The Labute approximate surface area is 250 Å². The Morgan fingerprint density at radius 3 is 2.41 bits per heavy atom. The second-order valence-electron chi connectivity index (χ2n) is 11.3. The Morgan fingerprint density at radius 1 is 1.23 bits per heavy atom. The molecule has 3 aliphatic carbocycles. The van der Waals surface area contributed by atoms with Crippen molar-refractivity contribution in [1.29, 1.82) is 0 Å². The van der Waals surface area contributed by atoms with Crippen LogP contribution in [0.5, 0.6) is 5.75 Å². The Balaban J connectivity index is 0.000000309. The quantitative estimate of drug-likeness (QED) is 0.132. The van der Waals surface area contributed by atoms with Gasteiger partial charge in [-0.25, -0.2) is 9.55 Å². The number of rotatable bonds is 5. The van der Waals surface area contributed by atoms with Gasteiger partial charge in [-0.3, -0.25) is 19.3 Å². The summed E-state index contributed by atoms with van der Waals surface area (Å²) in [6, 6.07) is 3.05.